The predicted octanol–water partition coefficient (Wildman–Crippen LogP) is 16.2. The molecule has 6 heteroatoms. The van der Waals surface area contributed by atoms with Gasteiger partial charge >= 0.3 is 5.97 Å². The first-order chi connectivity index (χ1) is 31.0. The van der Waals surface area contributed by atoms with Gasteiger partial charge in [0.2, 0.25) is 5.91 Å². The topological polar surface area (TPSA) is 95.9 Å². The summed E-state index contributed by atoms with van der Waals surface area (Å²) < 4.78 is 5.90. The number of rotatable bonds is 47. The van der Waals surface area contributed by atoms with E-state index in [4.69, 9.17) is 4.74 Å². The van der Waals surface area contributed by atoms with Crippen molar-refractivity contribution in [3.8, 4) is 0 Å². The number of hydrogen-bond acceptors (Lipinski definition) is 5. The van der Waals surface area contributed by atoms with Crippen LogP contribution in [-0.4, -0.2) is 46.9 Å². The van der Waals surface area contributed by atoms with Crippen LogP contribution < -0.4 is 5.32 Å². The molecule has 0 aliphatic rings. The number of amides is 1. The molecule has 63 heavy (non-hydrogen) atoms. The minimum Gasteiger partial charge on any atom is -0.462 e. The standard InChI is InChI=1S/C57H101NO5/c1-4-7-10-13-16-19-22-25-26-27-28-29-30-32-35-38-41-44-47-50-57(62)63-53(48-45-42-39-36-33-31-23-20-17-14-11-8-5-2)51-56(61)58-54(52-59)55(60)49-46-43-40-37-34-24-21-18-15-12-9-6-3/h7,10,16,19,25-26,28-29,32,35,41,44,53-55,59-60H,4-6,8-9,11-15,17-18,20-24,27,30-31,33-34,36-40,42-43,45-52H2,1-3H3,(H,58,61)/b10-7-,19-16-,26-25-,29-28-,35-32-,44-41-. The minimum absolute atomic E-state index is 0.0474. The van der Waals surface area contributed by atoms with Crippen LogP contribution in [-0.2, 0) is 14.3 Å². The van der Waals surface area contributed by atoms with Gasteiger partial charge in [-0.05, 0) is 64.2 Å². The molecule has 6 nitrogen and oxygen atoms in total. The molecule has 0 aliphatic heterocycles. The number of unbranched alkanes of at least 4 members (excludes halogenated alkanes) is 23. The lowest BCUT2D eigenvalue weighted by atomic mass is 10.0. The largest absolute Gasteiger partial charge is 0.462 e. The molecule has 3 unspecified atom stereocenters. The van der Waals surface area contributed by atoms with E-state index in [9.17, 15) is 19.8 Å². The Bertz CT molecular complexity index is 1170. The van der Waals surface area contributed by atoms with Crippen LogP contribution in [0.15, 0.2) is 72.9 Å². The van der Waals surface area contributed by atoms with Crippen LogP contribution >= 0.6 is 0 Å². The molecule has 0 spiro atoms. The number of nitrogens with one attached hydrogen (secondary N) is 1. The summed E-state index contributed by atoms with van der Waals surface area (Å²) in [4.78, 5) is 26.1. The highest BCUT2D eigenvalue weighted by atomic mass is 16.5. The number of hydrogen-bond donors (Lipinski definition) is 3. The fourth-order valence-corrected chi connectivity index (χ4v) is 7.81. The van der Waals surface area contributed by atoms with E-state index in [0.717, 1.165) is 77.0 Å². The fourth-order valence-electron chi connectivity index (χ4n) is 7.81. The van der Waals surface area contributed by atoms with E-state index in [-0.39, 0.29) is 31.3 Å². The molecule has 0 rings (SSSR count). The zero-order valence-electron chi connectivity index (χ0n) is 41.4. The van der Waals surface area contributed by atoms with Crippen molar-refractivity contribution in [1.29, 1.82) is 0 Å². The number of aliphatic hydroxyl groups is 2. The number of aliphatic hydroxyl groups excluding tert-OH is 2. The molecule has 1 amide bonds. The third-order valence-electron chi connectivity index (χ3n) is 11.8. The third kappa shape index (κ3) is 45.7. The van der Waals surface area contributed by atoms with Crippen LogP contribution in [0.2, 0.25) is 0 Å². The van der Waals surface area contributed by atoms with Crippen LogP contribution in [0.5, 0.6) is 0 Å². The number of ether oxygens (including phenoxy) is 1. The lowest BCUT2D eigenvalue weighted by Gasteiger charge is -2.24. The van der Waals surface area contributed by atoms with Gasteiger partial charge in [-0.1, -0.05) is 248 Å². The molecule has 3 atom stereocenters. The van der Waals surface area contributed by atoms with E-state index in [1.807, 2.05) is 6.08 Å². The smallest absolute Gasteiger partial charge is 0.306 e. The zero-order chi connectivity index (χ0) is 45.9. The molecule has 0 radical (unpaired) electrons. The first-order valence-electron chi connectivity index (χ1n) is 26.7. The molecular formula is C57H101NO5. The van der Waals surface area contributed by atoms with Crippen LogP contribution in [0.25, 0.3) is 0 Å². The Balaban J connectivity index is 4.67. The molecule has 0 saturated heterocycles. The van der Waals surface area contributed by atoms with Crippen molar-refractivity contribution in [2.24, 2.45) is 0 Å². The quantitative estimate of drug-likeness (QED) is 0.0321. The Hall–Kier alpha value is -2.70. The van der Waals surface area contributed by atoms with Crippen LogP contribution in [0.1, 0.15) is 252 Å². The Morgan fingerprint density at radius 1 is 0.476 bits per heavy atom. The maximum atomic E-state index is 13.2. The lowest BCUT2D eigenvalue weighted by molar-refractivity contribution is -0.150. The molecule has 0 bridgehead atoms. The fraction of sp³-hybridized carbons (Fsp3) is 0.754. The summed E-state index contributed by atoms with van der Waals surface area (Å²) in [5, 5.41) is 23.8. The molecule has 3 N–H and O–H groups in total. The average molecular weight is 880 g/mol. The second kappa shape index (κ2) is 50.3. The van der Waals surface area contributed by atoms with Crippen molar-refractivity contribution in [3.63, 3.8) is 0 Å². The summed E-state index contributed by atoms with van der Waals surface area (Å²) >= 11 is 0. The number of carbonyl (C=O) groups is 2. The van der Waals surface area contributed by atoms with Gasteiger partial charge in [0.05, 0.1) is 25.2 Å². The summed E-state index contributed by atoms with van der Waals surface area (Å²) in [5.41, 5.74) is 0. The number of carbonyl (C=O) groups excluding carboxylic acids is 2. The van der Waals surface area contributed by atoms with Gasteiger partial charge in [-0.2, -0.15) is 0 Å². The highest BCUT2D eigenvalue weighted by Crippen LogP contribution is 2.18. The minimum atomic E-state index is -0.800. The normalized spacial score (nSPS) is 13.8. The van der Waals surface area contributed by atoms with Crippen LogP contribution in [0, 0.1) is 0 Å². The van der Waals surface area contributed by atoms with Gasteiger partial charge in [-0.15, -0.1) is 0 Å². The third-order valence-corrected chi connectivity index (χ3v) is 11.8. The van der Waals surface area contributed by atoms with Crippen molar-refractivity contribution in [3.05, 3.63) is 72.9 Å². The molecule has 0 aliphatic carbocycles. The predicted molar refractivity (Wildman–Crippen MR) is 273 cm³/mol. The van der Waals surface area contributed by atoms with Gasteiger partial charge in [0.15, 0.2) is 0 Å². The van der Waals surface area contributed by atoms with Gasteiger partial charge in [-0.3, -0.25) is 9.59 Å². The highest BCUT2D eigenvalue weighted by Gasteiger charge is 2.24. The Kier molecular flexibility index (Phi) is 48.1. The molecule has 0 saturated carbocycles. The van der Waals surface area contributed by atoms with Crippen LogP contribution in [0.3, 0.4) is 0 Å². The molecule has 0 fully saturated rings. The van der Waals surface area contributed by atoms with Gasteiger partial charge in [-0.25, -0.2) is 0 Å². The first kappa shape index (κ1) is 60.3. The van der Waals surface area contributed by atoms with Crippen molar-refractivity contribution >= 4 is 11.9 Å². The SMILES string of the molecule is CC/C=C\C/C=C\C/C=C\C/C=C\C/C=C\C/C=C\CCC(=O)OC(CCCCCCCCCCCCCCC)CC(=O)NC(CO)C(O)CCCCCCCCCCCCCC. The molecule has 0 aromatic carbocycles. The number of esters is 1. The van der Waals surface area contributed by atoms with E-state index in [1.165, 1.54) is 122 Å². The van der Waals surface area contributed by atoms with E-state index in [0.29, 0.717) is 19.3 Å². The van der Waals surface area contributed by atoms with E-state index in [1.54, 1.807) is 0 Å². The van der Waals surface area contributed by atoms with Crippen molar-refractivity contribution in [2.75, 3.05) is 6.61 Å². The van der Waals surface area contributed by atoms with Crippen molar-refractivity contribution in [1.82, 2.24) is 5.32 Å². The summed E-state index contributed by atoms with van der Waals surface area (Å²) in [6.07, 6.45) is 64.0. The Morgan fingerprint density at radius 3 is 1.21 bits per heavy atom. The van der Waals surface area contributed by atoms with Crippen molar-refractivity contribution in [2.45, 2.75) is 270 Å². The average Bonchev–Trinajstić information content (AvgIpc) is 3.28. The van der Waals surface area contributed by atoms with Gasteiger partial charge < -0.3 is 20.3 Å². The van der Waals surface area contributed by atoms with E-state index >= 15 is 0 Å². The lowest BCUT2D eigenvalue weighted by Crippen LogP contribution is -2.46. The van der Waals surface area contributed by atoms with Gasteiger partial charge in [0.1, 0.15) is 6.10 Å². The number of allylic oxidation sites excluding steroid dienone is 12. The summed E-state index contributed by atoms with van der Waals surface area (Å²) in [6, 6.07) is -0.717. The van der Waals surface area contributed by atoms with E-state index in [2.05, 4.69) is 92.9 Å². The second-order valence-corrected chi connectivity index (χ2v) is 17.9. The summed E-state index contributed by atoms with van der Waals surface area (Å²) in [6.45, 7) is 6.36. The molecule has 0 aromatic rings. The Labute approximate surface area is 390 Å². The summed E-state index contributed by atoms with van der Waals surface area (Å²) in [5.74, 6) is -0.569. The highest BCUT2D eigenvalue weighted by molar-refractivity contribution is 5.77. The van der Waals surface area contributed by atoms with Gasteiger partial charge in [0, 0.05) is 6.42 Å². The molecule has 0 aromatic heterocycles. The second-order valence-electron chi connectivity index (χ2n) is 17.9. The van der Waals surface area contributed by atoms with Gasteiger partial charge in [0.25, 0.3) is 0 Å². The first-order valence-corrected chi connectivity index (χ1v) is 26.7. The molecule has 364 valence electrons. The maximum Gasteiger partial charge on any atom is 0.306 e. The monoisotopic (exact) mass is 880 g/mol. The summed E-state index contributed by atoms with van der Waals surface area (Å²) in [7, 11) is 0. The molecular weight excluding hydrogens is 779 g/mol. The van der Waals surface area contributed by atoms with E-state index < -0.39 is 18.2 Å². The molecule has 0 heterocycles. The zero-order valence-corrected chi connectivity index (χ0v) is 41.4. The maximum absolute atomic E-state index is 13.2. The Morgan fingerprint density at radius 2 is 0.825 bits per heavy atom. The van der Waals surface area contributed by atoms with Crippen LogP contribution in [0.4, 0.5) is 0 Å². The van der Waals surface area contributed by atoms with Crippen molar-refractivity contribution < 1.29 is 24.5 Å².